The van der Waals surface area contributed by atoms with Crippen LogP contribution in [0.5, 0.6) is 0 Å². The van der Waals surface area contributed by atoms with E-state index in [0.717, 1.165) is 35.4 Å². The smallest absolute Gasteiger partial charge is 0.271 e. The number of amides is 1. The third kappa shape index (κ3) is 5.04. The van der Waals surface area contributed by atoms with E-state index < -0.39 is 26.9 Å². The lowest BCUT2D eigenvalue weighted by Gasteiger charge is -2.31. The van der Waals surface area contributed by atoms with Gasteiger partial charge in [0.1, 0.15) is 6.04 Å². The largest absolute Gasteiger partial charge is 0.348 e. The summed E-state index contributed by atoms with van der Waals surface area (Å²) in [4.78, 5) is 23.7. The number of nitro benzene ring substituents is 1. The number of nitrogens with zero attached hydrogens (tertiary/aromatic N) is 2. The monoisotopic (exact) mass is 445 g/mol. The number of anilines is 1. The molecule has 0 aliphatic heterocycles. The molecule has 0 radical (unpaired) electrons. The summed E-state index contributed by atoms with van der Waals surface area (Å²) >= 11 is 0. The molecule has 0 saturated heterocycles. The summed E-state index contributed by atoms with van der Waals surface area (Å²) in [6.45, 7) is 3.57. The lowest BCUT2D eigenvalue weighted by molar-refractivity contribution is -0.384. The predicted molar refractivity (Wildman–Crippen MR) is 120 cm³/mol. The average molecular weight is 446 g/mol. The van der Waals surface area contributed by atoms with Gasteiger partial charge in [-0.2, -0.15) is 0 Å². The molecule has 8 nitrogen and oxygen atoms in total. The topological polar surface area (TPSA) is 110 Å². The van der Waals surface area contributed by atoms with Gasteiger partial charge in [-0.05, 0) is 55.4 Å². The van der Waals surface area contributed by atoms with Crippen molar-refractivity contribution in [1.82, 2.24) is 5.32 Å². The number of aryl methyl sites for hydroxylation is 2. The molecule has 0 fully saturated rings. The highest BCUT2D eigenvalue weighted by Gasteiger charge is 2.33. The Hall–Kier alpha value is -2.94. The molecular weight excluding hydrogens is 418 g/mol. The first-order valence-corrected chi connectivity index (χ1v) is 12.1. The van der Waals surface area contributed by atoms with Gasteiger partial charge in [0, 0.05) is 12.1 Å². The average Bonchev–Trinajstić information content (AvgIpc) is 3.18. The van der Waals surface area contributed by atoms with Crippen LogP contribution in [-0.4, -0.2) is 31.5 Å². The lowest BCUT2D eigenvalue weighted by atomic mass is 10.0. The SMILES string of the molecule is CCC(C(=O)NC(C)c1ccc2c(c1)CCC2)N(c1cccc([N+](=O)[O-])c1)S(C)(=O)=O. The normalized spacial score (nSPS) is 15.1. The van der Waals surface area contributed by atoms with E-state index in [1.807, 2.05) is 13.0 Å². The number of nitro groups is 1. The van der Waals surface area contributed by atoms with Crippen LogP contribution in [-0.2, 0) is 27.7 Å². The summed E-state index contributed by atoms with van der Waals surface area (Å²) in [7, 11) is -3.88. The van der Waals surface area contributed by atoms with Crippen molar-refractivity contribution in [3.63, 3.8) is 0 Å². The van der Waals surface area contributed by atoms with Crippen LogP contribution >= 0.6 is 0 Å². The van der Waals surface area contributed by atoms with Gasteiger partial charge in [0.25, 0.3) is 5.69 Å². The van der Waals surface area contributed by atoms with E-state index >= 15 is 0 Å². The van der Waals surface area contributed by atoms with Crippen molar-refractivity contribution in [1.29, 1.82) is 0 Å². The maximum Gasteiger partial charge on any atom is 0.271 e. The quantitative estimate of drug-likeness (QED) is 0.494. The minimum absolute atomic E-state index is 0.0869. The molecule has 2 atom stereocenters. The summed E-state index contributed by atoms with van der Waals surface area (Å²) < 4.78 is 26.1. The van der Waals surface area contributed by atoms with Crippen molar-refractivity contribution >= 4 is 27.3 Å². The summed E-state index contributed by atoms with van der Waals surface area (Å²) in [6.07, 6.45) is 4.42. The van der Waals surface area contributed by atoms with E-state index in [1.54, 1.807) is 6.92 Å². The molecule has 0 spiro atoms. The molecule has 1 amide bonds. The molecule has 0 saturated carbocycles. The number of rotatable bonds is 8. The highest BCUT2D eigenvalue weighted by molar-refractivity contribution is 7.92. The van der Waals surface area contributed by atoms with Crippen LogP contribution in [0.2, 0.25) is 0 Å². The Morgan fingerprint density at radius 2 is 1.90 bits per heavy atom. The van der Waals surface area contributed by atoms with E-state index in [9.17, 15) is 23.3 Å². The first kappa shape index (κ1) is 22.7. The van der Waals surface area contributed by atoms with Crippen LogP contribution in [0.3, 0.4) is 0 Å². The van der Waals surface area contributed by atoms with E-state index in [1.165, 1.54) is 35.4 Å². The van der Waals surface area contributed by atoms with Gasteiger partial charge < -0.3 is 5.32 Å². The van der Waals surface area contributed by atoms with Crippen LogP contribution in [0.4, 0.5) is 11.4 Å². The summed E-state index contributed by atoms with van der Waals surface area (Å²) in [5, 5.41) is 14.1. The zero-order valence-electron chi connectivity index (χ0n) is 17.9. The number of non-ortho nitro benzene ring substituents is 1. The van der Waals surface area contributed by atoms with Crippen LogP contribution in [0.15, 0.2) is 42.5 Å². The molecule has 1 N–H and O–H groups in total. The molecule has 2 aromatic rings. The molecule has 166 valence electrons. The van der Waals surface area contributed by atoms with Gasteiger partial charge in [0.05, 0.1) is 22.9 Å². The van der Waals surface area contributed by atoms with Crippen LogP contribution in [0, 0.1) is 10.1 Å². The zero-order valence-corrected chi connectivity index (χ0v) is 18.7. The van der Waals surface area contributed by atoms with Crippen LogP contribution < -0.4 is 9.62 Å². The van der Waals surface area contributed by atoms with Crippen molar-refractivity contribution in [2.24, 2.45) is 0 Å². The van der Waals surface area contributed by atoms with Gasteiger partial charge in [-0.25, -0.2) is 8.42 Å². The Kier molecular flexibility index (Phi) is 6.64. The standard InChI is InChI=1S/C22H27N3O5S/c1-4-21(24(31(3,29)30)19-9-6-10-20(14-19)25(27)28)22(26)23-15(2)17-12-11-16-7-5-8-18(16)13-17/h6,9-15,21H,4-5,7-8H2,1-3H3,(H,23,26). The molecule has 2 aromatic carbocycles. The molecule has 2 unspecified atom stereocenters. The Bertz CT molecular complexity index is 1100. The van der Waals surface area contributed by atoms with Gasteiger partial charge >= 0.3 is 0 Å². The van der Waals surface area contributed by atoms with Crippen molar-refractivity contribution in [3.05, 3.63) is 69.3 Å². The highest BCUT2D eigenvalue weighted by atomic mass is 32.2. The highest BCUT2D eigenvalue weighted by Crippen LogP contribution is 2.28. The zero-order chi connectivity index (χ0) is 22.8. The van der Waals surface area contributed by atoms with E-state index in [4.69, 9.17) is 0 Å². The fourth-order valence-corrected chi connectivity index (χ4v) is 5.26. The van der Waals surface area contributed by atoms with E-state index in [2.05, 4.69) is 17.4 Å². The van der Waals surface area contributed by atoms with Crippen molar-refractivity contribution in [2.75, 3.05) is 10.6 Å². The number of hydrogen-bond acceptors (Lipinski definition) is 5. The Morgan fingerprint density at radius 1 is 1.19 bits per heavy atom. The lowest BCUT2D eigenvalue weighted by Crippen LogP contribution is -2.49. The predicted octanol–water partition coefficient (Wildman–Crippen LogP) is 3.51. The number of fused-ring (bicyclic) bond motifs is 1. The molecule has 9 heteroatoms. The second-order valence-corrected chi connectivity index (χ2v) is 9.73. The fourth-order valence-electron chi connectivity index (χ4n) is 4.06. The minimum atomic E-state index is -3.88. The number of benzene rings is 2. The van der Waals surface area contributed by atoms with E-state index in [0.29, 0.717) is 0 Å². The maximum absolute atomic E-state index is 13.1. The van der Waals surface area contributed by atoms with Crippen molar-refractivity contribution in [3.8, 4) is 0 Å². The molecular formula is C22H27N3O5S. The molecule has 3 rings (SSSR count). The van der Waals surface area contributed by atoms with Gasteiger partial charge in [-0.15, -0.1) is 0 Å². The second-order valence-electron chi connectivity index (χ2n) is 7.87. The van der Waals surface area contributed by atoms with Crippen LogP contribution in [0.25, 0.3) is 0 Å². The minimum Gasteiger partial charge on any atom is -0.348 e. The molecule has 0 heterocycles. The van der Waals surface area contributed by atoms with Gasteiger partial charge in [-0.3, -0.25) is 19.2 Å². The number of carbonyl (C=O) groups excluding carboxylic acids is 1. The number of nitrogens with one attached hydrogen (secondary N) is 1. The summed E-state index contributed by atoms with van der Waals surface area (Å²) in [5.74, 6) is -0.451. The molecule has 1 aliphatic rings. The van der Waals surface area contributed by atoms with Crippen molar-refractivity contribution in [2.45, 2.75) is 51.6 Å². The van der Waals surface area contributed by atoms with Crippen LogP contribution in [0.1, 0.15) is 49.4 Å². The summed E-state index contributed by atoms with van der Waals surface area (Å²) in [5.41, 5.74) is 3.43. The van der Waals surface area contributed by atoms with Gasteiger partial charge in [0.15, 0.2) is 0 Å². The molecule has 0 aromatic heterocycles. The van der Waals surface area contributed by atoms with Gasteiger partial charge in [0.2, 0.25) is 15.9 Å². The molecule has 31 heavy (non-hydrogen) atoms. The molecule has 0 bridgehead atoms. The maximum atomic E-state index is 13.1. The van der Waals surface area contributed by atoms with Gasteiger partial charge in [-0.1, -0.05) is 31.2 Å². The second kappa shape index (κ2) is 9.05. The van der Waals surface area contributed by atoms with E-state index in [-0.39, 0.29) is 23.8 Å². The Balaban J connectivity index is 1.87. The third-order valence-electron chi connectivity index (χ3n) is 5.61. The first-order valence-electron chi connectivity index (χ1n) is 10.3. The summed E-state index contributed by atoms with van der Waals surface area (Å²) in [6, 6.07) is 10.1. The first-order chi connectivity index (χ1) is 14.6. The fraction of sp³-hybridized carbons (Fsp3) is 0.409. The number of sulfonamides is 1. The third-order valence-corrected chi connectivity index (χ3v) is 6.79. The Morgan fingerprint density at radius 3 is 2.55 bits per heavy atom. The molecule has 1 aliphatic carbocycles. The number of hydrogen-bond donors (Lipinski definition) is 1. The number of carbonyl (C=O) groups is 1. The Labute approximate surface area is 182 Å². The van der Waals surface area contributed by atoms with Crippen molar-refractivity contribution < 1.29 is 18.1 Å².